The van der Waals surface area contributed by atoms with Gasteiger partial charge >= 0.3 is 0 Å². The minimum absolute atomic E-state index is 0.127. The van der Waals surface area contributed by atoms with E-state index in [4.69, 9.17) is 9.47 Å². The van der Waals surface area contributed by atoms with Crippen molar-refractivity contribution >= 4 is 22.0 Å². The first-order valence-electron chi connectivity index (χ1n) is 9.71. The number of benzene rings is 1. The van der Waals surface area contributed by atoms with Crippen molar-refractivity contribution in [2.75, 3.05) is 30.7 Å². The maximum atomic E-state index is 12.0. The van der Waals surface area contributed by atoms with Gasteiger partial charge in [0, 0.05) is 18.5 Å². The summed E-state index contributed by atoms with van der Waals surface area (Å²) in [5, 5.41) is 0. The molecule has 27 heavy (non-hydrogen) atoms. The van der Waals surface area contributed by atoms with Crippen LogP contribution < -0.4 is 14.2 Å². The molecular weight excluding hydrogens is 366 g/mol. The third kappa shape index (κ3) is 4.15. The van der Waals surface area contributed by atoms with Gasteiger partial charge in [0.05, 0.1) is 37.9 Å². The van der Waals surface area contributed by atoms with Crippen LogP contribution >= 0.6 is 0 Å². The number of hydrogen-bond donors (Lipinski definition) is 1. The molecule has 1 aromatic rings. The van der Waals surface area contributed by atoms with E-state index in [0.717, 1.165) is 57.0 Å². The third-order valence-corrected chi connectivity index (χ3v) is 5.97. The van der Waals surface area contributed by atoms with Crippen LogP contribution in [0.3, 0.4) is 0 Å². The molecule has 0 spiro atoms. The van der Waals surface area contributed by atoms with Crippen molar-refractivity contribution in [3.8, 4) is 11.5 Å². The first-order valence-corrected chi connectivity index (χ1v) is 11.6. The number of hydrogen-bond acceptors (Lipinski definition) is 6. The Morgan fingerprint density at radius 2 is 2.04 bits per heavy atom. The summed E-state index contributed by atoms with van der Waals surface area (Å²) in [6.45, 7) is 2.20. The average Bonchev–Trinajstić information content (AvgIpc) is 3.17. The van der Waals surface area contributed by atoms with Crippen LogP contribution in [0.15, 0.2) is 17.1 Å². The predicted molar refractivity (Wildman–Crippen MR) is 105 cm³/mol. The first kappa shape index (κ1) is 18.4. The average molecular weight is 394 g/mol. The monoisotopic (exact) mass is 393 g/mol. The maximum absolute atomic E-state index is 12.0. The molecule has 4 rings (SSSR count). The number of sulfonamides is 1. The SMILES string of the molecule is CS(=O)(=O)Nc1c(OC2CCCCC2)ccc2c1OCCC2N1C=NCC1. The molecule has 0 bridgehead atoms. The van der Waals surface area contributed by atoms with Gasteiger partial charge in [-0.1, -0.05) is 6.42 Å². The second-order valence-corrected chi connectivity index (χ2v) is 9.27. The van der Waals surface area contributed by atoms with Crippen molar-refractivity contribution in [3.63, 3.8) is 0 Å². The Balaban J connectivity index is 1.70. The van der Waals surface area contributed by atoms with Crippen LogP contribution in [0.2, 0.25) is 0 Å². The van der Waals surface area contributed by atoms with Crippen LogP contribution in [-0.2, 0) is 10.0 Å². The topological polar surface area (TPSA) is 80.2 Å². The Kier molecular flexibility index (Phi) is 5.16. The Labute approximate surface area is 160 Å². The van der Waals surface area contributed by atoms with Crippen molar-refractivity contribution in [1.29, 1.82) is 0 Å². The third-order valence-electron chi connectivity index (χ3n) is 5.40. The molecule has 1 aromatic carbocycles. The number of aliphatic imine (C=N–C) groups is 1. The Hall–Kier alpha value is -1.96. The molecule has 1 fully saturated rings. The standard InChI is InChI=1S/C19H27N3O4S/c1-27(23,24)21-18-17(26-14-5-3-2-4-6-14)8-7-15-16(9-12-25-19(15)18)22-11-10-20-13-22/h7-8,13-14,16,21H,2-6,9-12H2,1H3. The molecule has 1 atom stereocenters. The second-order valence-electron chi connectivity index (χ2n) is 7.52. The molecule has 0 amide bonds. The van der Waals surface area contributed by atoms with Crippen LogP contribution in [0.4, 0.5) is 5.69 Å². The number of nitrogens with one attached hydrogen (secondary N) is 1. The number of anilines is 1. The van der Waals surface area contributed by atoms with Gasteiger partial charge in [0.2, 0.25) is 10.0 Å². The van der Waals surface area contributed by atoms with Gasteiger partial charge in [0.25, 0.3) is 0 Å². The van der Waals surface area contributed by atoms with Crippen molar-refractivity contribution in [2.45, 2.75) is 50.7 Å². The summed E-state index contributed by atoms with van der Waals surface area (Å²) in [6, 6.07) is 4.04. The summed E-state index contributed by atoms with van der Waals surface area (Å²) < 4.78 is 38.8. The molecule has 7 nitrogen and oxygen atoms in total. The minimum atomic E-state index is -3.46. The van der Waals surface area contributed by atoms with E-state index < -0.39 is 10.0 Å². The summed E-state index contributed by atoms with van der Waals surface area (Å²) in [5.74, 6) is 1.15. The van der Waals surface area contributed by atoms with E-state index in [9.17, 15) is 8.42 Å². The zero-order valence-electron chi connectivity index (χ0n) is 15.7. The fraction of sp³-hybridized carbons (Fsp3) is 0.632. The summed E-state index contributed by atoms with van der Waals surface area (Å²) in [5.41, 5.74) is 1.41. The van der Waals surface area contributed by atoms with Crippen LogP contribution in [0.25, 0.3) is 0 Å². The second kappa shape index (κ2) is 7.58. The lowest BCUT2D eigenvalue weighted by Gasteiger charge is -2.34. The molecule has 1 aliphatic carbocycles. The highest BCUT2D eigenvalue weighted by Crippen LogP contribution is 2.46. The van der Waals surface area contributed by atoms with Crippen LogP contribution in [0.5, 0.6) is 11.5 Å². The Morgan fingerprint density at radius 3 is 2.74 bits per heavy atom. The molecule has 2 heterocycles. The number of nitrogens with zero attached hydrogens (tertiary/aromatic N) is 2. The molecule has 1 saturated carbocycles. The summed E-state index contributed by atoms with van der Waals surface area (Å²) in [7, 11) is -3.46. The Morgan fingerprint density at radius 1 is 1.22 bits per heavy atom. The highest BCUT2D eigenvalue weighted by Gasteiger charge is 2.31. The van der Waals surface area contributed by atoms with Crippen molar-refractivity contribution in [2.24, 2.45) is 4.99 Å². The molecule has 0 aromatic heterocycles. The predicted octanol–water partition coefficient (Wildman–Crippen LogP) is 2.94. The van der Waals surface area contributed by atoms with Crippen LogP contribution in [-0.4, -0.2) is 51.7 Å². The molecule has 1 N–H and O–H groups in total. The largest absolute Gasteiger partial charge is 0.491 e. The molecule has 1 unspecified atom stereocenters. The fourth-order valence-corrected chi connectivity index (χ4v) is 4.71. The van der Waals surface area contributed by atoms with Gasteiger partial charge in [-0.15, -0.1) is 0 Å². The fourth-order valence-electron chi connectivity index (χ4n) is 4.14. The van der Waals surface area contributed by atoms with Gasteiger partial charge < -0.3 is 14.4 Å². The highest BCUT2D eigenvalue weighted by molar-refractivity contribution is 7.92. The molecule has 0 radical (unpaired) electrons. The molecular formula is C19H27N3O4S. The Bertz CT molecular complexity index is 818. The van der Waals surface area contributed by atoms with Gasteiger partial charge in [-0.2, -0.15) is 0 Å². The molecule has 8 heteroatoms. The van der Waals surface area contributed by atoms with Crippen molar-refractivity contribution < 1.29 is 17.9 Å². The zero-order chi connectivity index (χ0) is 18.9. The minimum Gasteiger partial charge on any atom is -0.491 e. The van der Waals surface area contributed by atoms with E-state index in [1.165, 1.54) is 6.42 Å². The molecule has 2 aliphatic heterocycles. The lowest BCUT2D eigenvalue weighted by atomic mass is 9.96. The number of ether oxygens (including phenoxy) is 2. The van der Waals surface area contributed by atoms with Gasteiger partial charge in [-0.05, 0) is 37.8 Å². The molecule has 148 valence electrons. The van der Waals surface area contributed by atoms with Gasteiger partial charge in [0.15, 0.2) is 5.75 Å². The van der Waals surface area contributed by atoms with Gasteiger partial charge in [-0.3, -0.25) is 9.71 Å². The lowest BCUT2D eigenvalue weighted by molar-refractivity contribution is 0.154. The smallest absolute Gasteiger partial charge is 0.230 e. The van der Waals surface area contributed by atoms with E-state index in [2.05, 4.69) is 14.6 Å². The van der Waals surface area contributed by atoms with E-state index in [-0.39, 0.29) is 12.1 Å². The quantitative estimate of drug-likeness (QED) is 0.832. The van der Waals surface area contributed by atoms with E-state index >= 15 is 0 Å². The highest BCUT2D eigenvalue weighted by atomic mass is 32.2. The lowest BCUT2D eigenvalue weighted by Crippen LogP contribution is -2.31. The first-order chi connectivity index (χ1) is 13.0. The van der Waals surface area contributed by atoms with Crippen LogP contribution in [0.1, 0.15) is 50.1 Å². The van der Waals surface area contributed by atoms with E-state index in [1.807, 2.05) is 18.5 Å². The summed E-state index contributed by atoms with van der Waals surface area (Å²) in [6.07, 6.45) is 9.56. The summed E-state index contributed by atoms with van der Waals surface area (Å²) >= 11 is 0. The molecule has 0 saturated heterocycles. The van der Waals surface area contributed by atoms with Crippen molar-refractivity contribution in [3.05, 3.63) is 17.7 Å². The summed E-state index contributed by atoms with van der Waals surface area (Å²) in [4.78, 5) is 6.52. The van der Waals surface area contributed by atoms with Crippen LogP contribution in [0, 0.1) is 0 Å². The maximum Gasteiger partial charge on any atom is 0.230 e. The van der Waals surface area contributed by atoms with E-state index in [1.54, 1.807) is 0 Å². The van der Waals surface area contributed by atoms with E-state index in [0.29, 0.717) is 23.8 Å². The van der Waals surface area contributed by atoms with Crippen molar-refractivity contribution in [1.82, 2.24) is 4.90 Å². The number of rotatable bonds is 5. The molecule has 3 aliphatic rings. The van der Waals surface area contributed by atoms with Gasteiger partial charge in [0.1, 0.15) is 11.4 Å². The number of fused-ring (bicyclic) bond motifs is 1. The zero-order valence-corrected chi connectivity index (χ0v) is 16.5. The normalized spacial score (nSPS) is 23.0. The van der Waals surface area contributed by atoms with Gasteiger partial charge in [-0.25, -0.2) is 8.42 Å².